The lowest BCUT2D eigenvalue weighted by molar-refractivity contribution is -0.139. The average molecular weight is 670 g/mol. The van der Waals surface area contributed by atoms with Crippen LogP contribution in [0.5, 0.6) is 0 Å². The van der Waals surface area contributed by atoms with Gasteiger partial charge in [0.15, 0.2) is 0 Å². The van der Waals surface area contributed by atoms with Gasteiger partial charge in [0.2, 0.25) is 41.4 Å². The third-order valence-electron chi connectivity index (χ3n) is 8.58. The normalized spacial score (nSPS) is 24.4. The second-order valence-corrected chi connectivity index (χ2v) is 13.0. The Hall–Kier alpha value is -4.49. The van der Waals surface area contributed by atoms with Crippen molar-refractivity contribution in [1.82, 2.24) is 36.4 Å². The number of amides is 7. The maximum Gasteiger partial charge on any atom is 0.245 e. The molecule has 2 heterocycles. The quantitative estimate of drug-likeness (QED) is 0.271. The summed E-state index contributed by atoms with van der Waals surface area (Å²) in [6, 6.07) is 5.00. The van der Waals surface area contributed by atoms with Gasteiger partial charge in [0.05, 0.1) is 6.54 Å². The summed E-state index contributed by atoms with van der Waals surface area (Å²) in [5.41, 5.74) is 0.799. The highest BCUT2D eigenvalue weighted by molar-refractivity contribution is 5.96. The molecule has 2 aliphatic rings. The molecule has 2 aliphatic heterocycles. The number of likely N-dealkylation sites (N-methyl/N-ethyl adjacent to an activating group) is 1. The number of carbonyl (C=O) groups excluding carboxylic acids is 7. The Morgan fingerprint density at radius 2 is 1.65 bits per heavy atom. The molecular weight excluding hydrogens is 618 g/mol. The third kappa shape index (κ3) is 11.9. The first-order valence-corrected chi connectivity index (χ1v) is 16.9. The minimum atomic E-state index is -1.06. The zero-order chi connectivity index (χ0) is 35.2. The summed E-state index contributed by atoms with van der Waals surface area (Å²) in [6.45, 7) is 5.69. The van der Waals surface area contributed by atoms with Crippen molar-refractivity contribution in [3.63, 3.8) is 0 Å². The van der Waals surface area contributed by atoms with Gasteiger partial charge in [0.25, 0.3) is 0 Å². The van der Waals surface area contributed by atoms with Crippen LogP contribution in [-0.2, 0) is 40.0 Å². The van der Waals surface area contributed by atoms with E-state index in [0.29, 0.717) is 19.4 Å². The fourth-order valence-electron chi connectivity index (χ4n) is 5.70. The summed E-state index contributed by atoms with van der Waals surface area (Å²) < 4.78 is 0. The number of hydrogen-bond acceptors (Lipinski definition) is 7. The average Bonchev–Trinajstić information content (AvgIpc) is 3.26. The lowest BCUT2D eigenvalue weighted by Crippen LogP contribution is -2.59. The molecule has 2 fully saturated rings. The van der Waals surface area contributed by atoms with E-state index in [1.165, 1.54) is 18.9 Å². The van der Waals surface area contributed by atoms with E-state index in [0.717, 1.165) is 24.8 Å². The molecule has 0 aromatic heterocycles. The van der Waals surface area contributed by atoms with Gasteiger partial charge in [-0.1, -0.05) is 50.6 Å². The van der Waals surface area contributed by atoms with Crippen LogP contribution in [0, 0.1) is 5.92 Å². The van der Waals surface area contributed by atoms with Crippen LogP contribution in [0.4, 0.5) is 0 Å². The highest BCUT2D eigenvalue weighted by atomic mass is 16.2. The Kier molecular flexibility index (Phi) is 14.8. The van der Waals surface area contributed by atoms with Crippen molar-refractivity contribution in [3.05, 3.63) is 35.9 Å². The zero-order valence-corrected chi connectivity index (χ0v) is 28.5. The van der Waals surface area contributed by atoms with Crippen LogP contribution in [0.2, 0.25) is 0 Å². The van der Waals surface area contributed by atoms with Gasteiger partial charge in [-0.3, -0.25) is 33.6 Å². The van der Waals surface area contributed by atoms with Gasteiger partial charge in [-0.2, -0.15) is 0 Å². The van der Waals surface area contributed by atoms with Crippen molar-refractivity contribution in [2.75, 3.05) is 33.2 Å². The topological polar surface area (TPSA) is 186 Å². The second kappa shape index (κ2) is 18.7. The molecule has 264 valence electrons. The van der Waals surface area contributed by atoms with Crippen molar-refractivity contribution in [2.24, 2.45) is 5.92 Å². The molecule has 1 aromatic rings. The van der Waals surface area contributed by atoms with Crippen LogP contribution < -0.4 is 26.6 Å². The molecule has 4 atom stereocenters. The van der Waals surface area contributed by atoms with Gasteiger partial charge in [0, 0.05) is 45.9 Å². The predicted octanol–water partition coefficient (Wildman–Crippen LogP) is 0.00530. The molecule has 14 nitrogen and oxygen atoms in total. The SMILES string of the molecule is CC(C)[C@H]1NC(=O)[C@@H](NC(=O)CCN2CCCCCC2=O)CCCNC(=O)CN(C)C(=O)[C@H](Cc2ccccc2)NC(=O)[C@@H](C)NC1=O. The minimum Gasteiger partial charge on any atom is -0.355 e. The number of nitrogens with one attached hydrogen (secondary N) is 5. The molecule has 2 saturated heterocycles. The van der Waals surface area contributed by atoms with E-state index in [1.807, 2.05) is 30.3 Å². The first-order chi connectivity index (χ1) is 22.8. The molecule has 1 aromatic carbocycles. The van der Waals surface area contributed by atoms with Crippen LogP contribution in [0.3, 0.4) is 0 Å². The van der Waals surface area contributed by atoms with E-state index in [4.69, 9.17) is 0 Å². The molecule has 14 heteroatoms. The van der Waals surface area contributed by atoms with Crippen molar-refractivity contribution in [1.29, 1.82) is 0 Å². The molecule has 48 heavy (non-hydrogen) atoms. The Labute approximate surface area is 282 Å². The fourth-order valence-corrected chi connectivity index (χ4v) is 5.70. The van der Waals surface area contributed by atoms with Crippen LogP contribution in [0.1, 0.15) is 71.3 Å². The van der Waals surface area contributed by atoms with E-state index >= 15 is 0 Å². The largest absolute Gasteiger partial charge is 0.355 e. The second-order valence-electron chi connectivity index (χ2n) is 13.0. The summed E-state index contributed by atoms with van der Waals surface area (Å²) in [5.74, 6) is -3.47. The molecule has 0 aliphatic carbocycles. The van der Waals surface area contributed by atoms with Crippen LogP contribution in [0.25, 0.3) is 0 Å². The fraction of sp³-hybridized carbons (Fsp3) is 0.618. The van der Waals surface area contributed by atoms with E-state index < -0.39 is 59.6 Å². The first kappa shape index (κ1) is 38.0. The maximum atomic E-state index is 13.5. The molecule has 0 unspecified atom stereocenters. The van der Waals surface area contributed by atoms with Crippen LogP contribution in [0.15, 0.2) is 30.3 Å². The highest BCUT2D eigenvalue weighted by Crippen LogP contribution is 2.12. The molecular formula is C34H51N7O7. The maximum absolute atomic E-state index is 13.5. The smallest absolute Gasteiger partial charge is 0.245 e. The van der Waals surface area contributed by atoms with E-state index in [9.17, 15) is 33.6 Å². The van der Waals surface area contributed by atoms with Crippen molar-refractivity contribution < 1.29 is 33.6 Å². The van der Waals surface area contributed by atoms with Gasteiger partial charge >= 0.3 is 0 Å². The predicted molar refractivity (Wildman–Crippen MR) is 178 cm³/mol. The van der Waals surface area contributed by atoms with Gasteiger partial charge in [-0.15, -0.1) is 0 Å². The Morgan fingerprint density at radius 3 is 2.35 bits per heavy atom. The number of likely N-dealkylation sites (tertiary alicyclic amines) is 1. The van der Waals surface area contributed by atoms with E-state index in [2.05, 4.69) is 26.6 Å². The number of carbonyl (C=O) groups is 7. The first-order valence-electron chi connectivity index (χ1n) is 16.9. The Bertz CT molecular complexity index is 1310. The molecule has 5 N–H and O–H groups in total. The van der Waals surface area contributed by atoms with Gasteiger partial charge in [0.1, 0.15) is 24.2 Å². The number of nitrogens with zero attached hydrogens (tertiary/aromatic N) is 2. The number of hydrogen-bond donors (Lipinski definition) is 5. The Balaban J connectivity index is 1.77. The van der Waals surface area contributed by atoms with E-state index in [-0.39, 0.29) is 50.7 Å². The molecule has 0 radical (unpaired) electrons. The van der Waals surface area contributed by atoms with Crippen molar-refractivity contribution >= 4 is 41.4 Å². The zero-order valence-electron chi connectivity index (χ0n) is 28.5. The molecule has 7 amide bonds. The standard InChI is InChI=1S/C34H51N7O7/c1-22(2)30-33(47)36-23(3)31(45)38-26(20-24-12-7-5-8-13-24)34(48)40(4)21-28(43)35-17-11-14-25(32(46)39-30)37-27(42)16-19-41-18-10-6-9-15-29(41)44/h5,7-8,12-13,22-23,25-26,30H,6,9-11,14-21H2,1-4H3,(H,35,43)(H,36,47)(H,37,42)(H,38,45)(H,39,46)/t23-,25+,26+,30-/m1/s1. The summed E-state index contributed by atoms with van der Waals surface area (Å²) in [5, 5.41) is 13.6. The van der Waals surface area contributed by atoms with Crippen molar-refractivity contribution in [3.8, 4) is 0 Å². The summed E-state index contributed by atoms with van der Waals surface area (Å²) in [4.78, 5) is 94.6. The van der Waals surface area contributed by atoms with Crippen LogP contribution in [-0.4, -0.2) is 109 Å². The monoisotopic (exact) mass is 669 g/mol. The third-order valence-corrected chi connectivity index (χ3v) is 8.58. The van der Waals surface area contributed by atoms with Gasteiger partial charge in [-0.25, -0.2) is 0 Å². The van der Waals surface area contributed by atoms with E-state index in [1.54, 1.807) is 18.7 Å². The lowest BCUT2D eigenvalue weighted by Gasteiger charge is -2.28. The molecule has 3 rings (SSSR count). The van der Waals surface area contributed by atoms with Crippen molar-refractivity contribution in [2.45, 2.75) is 96.3 Å². The minimum absolute atomic E-state index is 0.0118. The molecule has 0 spiro atoms. The molecule has 0 saturated carbocycles. The van der Waals surface area contributed by atoms with Crippen LogP contribution >= 0.6 is 0 Å². The number of rotatable bonds is 7. The Morgan fingerprint density at radius 1 is 0.917 bits per heavy atom. The summed E-state index contributed by atoms with van der Waals surface area (Å²) in [6.07, 6.45) is 3.77. The van der Waals surface area contributed by atoms with Gasteiger partial charge < -0.3 is 36.4 Å². The molecule has 0 bridgehead atoms. The van der Waals surface area contributed by atoms with Gasteiger partial charge in [-0.05, 0) is 44.1 Å². The summed E-state index contributed by atoms with van der Waals surface area (Å²) in [7, 11) is 1.47. The highest BCUT2D eigenvalue weighted by Gasteiger charge is 2.32. The number of benzene rings is 1. The lowest BCUT2D eigenvalue weighted by atomic mass is 10.0. The summed E-state index contributed by atoms with van der Waals surface area (Å²) >= 11 is 0.